The molecule has 1 aromatic heterocycles. The molecule has 108 valence electrons. The van der Waals surface area contributed by atoms with Crippen LogP contribution < -0.4 is 10.1 Å². The number of rotatable bonds is 6. The van der Waals surface area contributed by atoms with E-state index in [4.69, 9.17) is 4.74 Å². The van der Waals surface area contributed by atoms with Gasteiger partial charge in [-0.05, 0) is 46.1 Å². The molecule has 0 saturated carbocycles. The van der Waals surface area contributed by atoms with Crippen LogP contribution in [0.3, 0.4) is 0 Å². The van der Waals surface area contributed by atoms with Crippen molar-refractivity contribution in [3.05, 3.63) is 50.4 Å². The van der Waals surface area contributed by atoms with Crippen LogP contribution in [0.4, 0.5) is 4.39 Å². The van der Waals surface area contributed by atoms with Crippen molar-refractivity contribution in [3.63, 3.8) is 0 Å². The summed E-state index contributed by atoms with van der Waals surface area (Å²) in [6.07, 6.45) is 0.726. The summed E-state index contributed by atoms with van der Waals surface area (Å²) in [4.78, 5) is 1.20. The van der Waals surface area contributed by atoms with Gasteiger partial charge in [0.15, 0.2) is 0 Å². The van der Waals surface area contributed by atoms with Gasteiger partial charge in [-0.2, -0.15) is 0 Å². The Balaban J connectivity index is 2.36. The summed E-state index contributed by atoms with van der Waals surface area (Å²) in [5.74, 6) is 0.353. The lowest BCUT2D eigenvalue weighted by atomic mass is 10.0. The van der Waals surface area contributed by atoms with Crippen molar-refractivity contribution in [2.75, 3.05) is 13.7 Å². The molecular weight excluding hydrogens is 341 g/mol. The van der Waals surface area contributed by atoms with Gasteiger partial charge in [-0.1, -0.05) is 13.0 Å². The molecule has 1 heterocycles. The zero-order valence-electron chi connectivity index (χ0n) is 11.5. The Hall–Kier alpha value is -0.910. The van der Waals surface area contributed by atoms with E-state index in [0.717, 1.165) is 17.4 Å². The van der Waals surface area contributed by atoms with E-state index in [-0.39, 0.29) is 11.9 Å². The SMILES string of the molecule is CCNC(Cc1sccc1Br)c1c(F)cccc1OC. The lowest BCUT2D eigenvalue weighted by molar-refractivity contribution is 0.390. The van der Waals surface area contributed by atoms with Crippen LogP contribution in [0.5, 0.6) is 5.75 Å². The van der Waals surface area contributed by atoms with Gasteiger partial charge >= 0.3 is 0 Å². The number of ether oxygens (including phenoxy) is 1. The Morgan fingerprint density at radius 2 is 2.20 bits per heavy atom. The molecule has 0 aliphatic heterocycles. The highest BCUT2D eigenvalue weighted by Gasteiger charge is 2.21. The summed E-state index contributed by atoms with van der Waals surface area (Å²) < 4.78 is 20.6. The van der Waals surface area contributed by atoms with Crippen molar-refractivity contribution >= 4 is 27.3 Å². The predicted octanol–water partition coefficient (Wildman–Crippen LogP) is 4.55. The summed E-state index contributed by atoms with van der Waals surface area (Å²) in [5.41, 5.74) is 0.595. The highest BCUT2D eigenvalue weighted by molar-refractivity contribution is 9.10. The third-order valence-electron chi connectivity index (χ3n) is 3.11. The summed E-state index contributed by atoms with van der Waals surface area (Å²) >= 11 is 5.20. The van der Waals surface area contributed by atoms with Crippen molar-refractivity contribution in [1.82, 2.24) is 5.32 Å². The summed E-state index contributed by atoms with van der Waals surface area (Å²) in [5, 5.41) is 5.37. The van der Waals surface area contributed by atoms with E-state index >= 15 is 0 Å². The smallest absolute Gasteiger partial charge is 0.131 e. The van der Waals surface area contributed by atoms with E-state index < -0.39 is 0 Å². The molecule has 0 saturated heterocycles. The van der Waals surface area contributed by atoms with Crippen LogP contribution in [0.2, 0.25) is 0 Å². The van der Waals surface area contributed by atoms with Gasteiger partial charge < -0.3 is 10.1 Å². The maximum absolute atomic E-state index is 14.2. The quantitative estimate of drug-likeness (QED) is 0.818. The largest absolute Gasteiger partial charge is 0.496 e. The zero-order chi connectivity index (χ0) is 14.5. The second-order valence-electron chi connectivity index (χ2n) is 4.36. The molecule has 0 amide bonds. The average Bonchev–Trinajstić information content (AvgIpc) is 2.83. The predicted molar refractivity (Wildman–Crippen MR) is 85.1 cm³/mol. The topological polar surface area (TPSA) is 21.3 Å². The zero-order valence-corrected chi connectivity index (χ0v) is 13.9. The van der Waals surface area contributed by atoms with Gasteiger partial charge in [-0.15, -0.1) is 11.3 Å². The van der Waals surface area contributed by atoms with Crippen molar-refractivity contribution in [2.45, 2.75) is 19.4 Å². The molecule has 1 atom stereocenters. The molecule has 0 fully saturated rings. The number of benzene rings is 1. The van der Waals surface area contributed by atoms with Crippen LogP contribution in [0.15, 0.2) is 34.1 Å². The molecule has 1 unspecified atom stereocenters. The maximum Gasteiger partial charge on any atom is 0.131 e. The van der Waals surface area contributed by atoms with Gasteiger partial charge in [-0.3, -0.25) is 0 Å². The number of hydrogen-bond donors (Lipinski definition) is 1. The Bertz CT molecular complexity index is 573. The van der Waals surface area contributed by atoms with Crippen LogP contribution in [0, 0.1) is 5.82 Å². The second-order valence-corrected chi connectivity index (χ2v) is 6.22. The number of methoxy groups -OCH3 is 1. The first-order valence-electron chi connectivity index (χ1n) is 6.45. The number of hydrogen-bond acceptors (Lipinski definition) is 3. The summed E-state index contributed by atoms with van der Waals surface area (Å²) in [6.45, 7) is 2.79. The van der Waals surface area contributed by atoms with Crippen LogP contribution in [0.1, 0.15) is 23.4 Å². The third kappa shape index (κ3) is 3.40. The molecule has 5 heteroatoms. The van der Waals surface area contributed by atoms with Crippen LogP contribution in [0.25, 0.3) is 0 Å². The molecule has 0 aliphatic carbocycles. The first-order chi connectivity index (χ1) is 9.67. The van der Waals surface area contributed by atoms with Crippen molar-refractivity contribution in [2.24, 2.45) is 0 Å². The lowest BCUT2D eigenvalue weighted by Crippen LogP contribution is -2.24. The monoisotopic (exact) mass is 357 g/mol. The first-order valence-corrected chi connectivity index (χ1v) is 8.12. The molecule has 2 nitrogen and oxygen atoms in total. The lowest BCUT2D eigenvalue weighted by Gasteiger charge is -2.21. The van der Waals surface area contributed by atoms with Crippen molar-refractivity contribution in [3.8, 4) is 5.75 Å². The Morgan fingerprint density at radius 3 is 2.80 bits per heavy atom. The fourth-order valence-corrected chi connectivity index (χ4v) is 3.77. The molecule has 0 radical (unpaired) electrons. The highest BCUT2D eigenvalue weighted by atomic mass is 79.9. The number of likely N-dealkylation sites (N-methyl/N-ethyl adjacent to an activating group) is 1. The summed E-state index contributed by atoms with van der Waals surface area (Å²) in [6, 6.07) is 6.85. The molecular formula is C15H17BrFNOS. The molecule has 1 aromatic carbocycles. The maximum atomic E-state index is 14.2. The van der Waals surface area contributed by atoms with E-state index in [1.54, 1.807) is 30.6 Å². The average molecular weight is 358 g/mol. The Labute approximate surface area is 131 Å². The van der Waals surface area contributed by atoms with E-state index in [0.29, 0.717) is 11.3 Å². The third-order valence-corrected chi connectivity index (χ3v) is 5.06. The van der Waals surface area contributed by atoms with E-state index in [9.17, 15) is 4.39 Å². The van der Waals surface area contributed by atoms with Crippen LogP contribution in [-0.2, 0) is 6.42 Å². The van der Waals surface area contributed by atoms with Gasteiger partial charge in [0.2, 0.25) is 0 Å². The molecule has 2 rings (SSSR count). The first kappa shape index (κ1) is 15.5. The highest BCUT2D eigenvalue weighted by Crippen LogP contribution is 2.33. The normalized spacial score (nSPS) is 12.4. The van der Waals surface area contributed by atoms with Gasteiger partial charge in [0.05, 0.1) is 7.11 Å². The summed E-state index contributed by atoms with van der Waals surface area (Å²) in [7, 11) is 1.57. The molecule has 1 N–H and O–H groups in total. The van der Waals surface area contributed by atoms with Gasteiger partial charge in [0.25, 0.3) is 0 Å². The second kappa shape index (κ2) is 7.20. The minimum Gasteiger partial charge on any atom is -0.496 e. The van der Waals surface area contributed by atoms with E-state index in [1.807, 2.05) is 18.4 Å². The van der Waals surface area contributed by atoms with Crippen LogP contribution >= 0.6 is 27.3 Å². The minimum absolute atomic E-state index is 0.105. The van der Waals surface area contributed by atoms with Crippen LogP contribution in [-0.4, -0.2) is 13.7 Å². The molecule has 0 spiro atoms. The Kier molecular flexibility index (Phi) is 5.57. The van der Waals surface area contributed by atoms with E-state index in [1.165, 1.54) is 10.9 Å². The number of halogens is 2. The molecule has 0 bridgehead atoms. The van der Waals surface area contributed by atoms with E-state index in [2.05, 4.69) is 21.2 Å². The molecule has 2 aromatic rings. The van der Waals surface area contributed by atoms with Gasteiger partial charge in [0.1, 0.15) is 11.6 Å². The fourth-order valence-electron chi connectivity index (χ4n) is 2.21. The standard InChI is InChI=1S/C15H17BrFNOS/c1-3-18-12(9-14-10(16)7-8-20-14)15-11(17)5-4-6-13(15)19-2/h4-8,12,18H,3,9H2,1-2H3. The minimum atomic E-state index is -0.233. The number of thiophene rings is 1. The van der Waals surface area contributed by atoms with Gasteiger partial charge in [-0.25, -0.2) is 4.39 Å². The van der Waals surface area contributed by atoms with Crippen molar-refractivity contribution in [1.29, 1.82) is 0 Å². The Morgan fingerprint density at radius 1 is 1.40 bits per heavy atom. The fraction of sp³-hybridized carbons (Fsp3) is 0.333. The molecule has 0 aliphatic rings. The molecule has 20 heavy (non-hydrogen) atoms. The van der Waals surface area contributed by atoms with Gasteiger partial charge in [0, 0.05) is 27.4 Å². The number of nitrogens with one attached hydrogen (secondary N) is 1. The van der Waals surface area contributed by atoms with Crippen molar-refractivity contribution < 1.29 is 9.13 Å².